The lowest BCUT2D eigenvalue weighted by atomic mass is 9.88. The van der Waals surface area contributed by atoms with E-state index in [2.05, 4.69) is 4.90 Å². The smallest absolute Gasteiger partial charge is 0.265 e. The lowest BCUT2D eigenvalue weighted by Gasteiger charge is -2.28. The van der Waals surface area contributed by atoms with Crippen LogP contribution in [0.1, 0.15) is 48.0 Å². The SMILES string of the molecule is COc1cccc(C(=O)CC2(O)C(=O)N(CN3CCCCCC3)c3ccccc32)c1. The van der Waals surface area contributed by atoms with Gasteiger partial charge in [-0.3, -0.25) is 19.4 Å². The van der Waals surface area contributed by atoms with Crippen LogP contribution in [0.3, 0.4) is 0 Å². The van der Waals surface area contributed by atoms with Gasteiger partial charge < -0.3 is 9.84 Å². The molecule has 0 radical (unpaired) electrons. The van der Waals surface area contributed by atoms with E-state index in [1.54, 1.807) is 41.3 Å². The third kappa shape index (κ3) is 3.85. The Kier molecular flexibility index (Phi) is 5.88. The monoisotopic (exact) mass is 408 g/mol. The van der Waals surface area contributed by atoms with Gasteiger partial charge in [0.05, 0.1) is 25.9 Å². The van der Waals surface area contributed by atoms with Crippen LogP contribution in [0.4, 0.5) is 5.69 Å². The number of amides is 1. The average Bonchev–Trinajstić information content (AvgIpc) is 2.95. The van der Waals surface area contributed by atoms with Crippen LogP contribution in [-0.4, -0.2) is 48.6 Å². The summed E-state index contributed by atoms with van der Waals surface area (Å²) >= 11 is 0. The summed E-state index contributed by atoms with van der Waals surface area (Å²) in [6.07, 6.45) is 4.34. The zero-order chi connectivity index (χ0) is 21.1. The molecule has 6 nitrogen and oxygen atoms in total. The molecule has 4 rings (SSSR count). The third-order valence-electron chi connectivity index (χ3n) is 6.09. The van der Waals surface area contributed by atoms with Crippen molar-refractivity contribution in [3.05, 3.63) is 59.7 Å². The van der Waals surface area contributed by atoms with Gasteiger partial charge in [0.2, 0.25) is 0 Å². The number of Topliss-reactive ketones (excluding diaryl/α,β-unsaturated/α-hetero) is 1. The van der Waals surface area contributed by atoms with Gasteiger partial charge in [-0.05, 0) is 44.1 Å². The predicted octanol–water partition coefficient (Wildman–Crippen LogP) is 3.34. The molecule has 1 saturated heterocycles. The molecular formula is C24H28N2O4. The molecule has 0 spiro atoms. The number of fused-ring (bicyclic) bond motifs is 1. The quantitative estimate of drug-likeness (QED) is 0.743. The van der Waals surface area contributed by atoms with Crippen LogP contribution in [0.25, 0.3) is 0 Å². The van der Waals surface area contributed by atoms with Crippen LogP contribution < -0.4 is 9.64 Å². The van der Waals surface area contributed by atoms with Crippen molar-refractivity contribution in [3.63, 3.8) is 0 Å². The number of hydrogen-bond donors (Lipinski definition) is 1. The first-order valence-corrected chi connectivity index (χ1v) is 10.6. The van der Waals surface area contributed by atoms with Crippen molar-refractivity contribution in [2.24, 2.45) is 0 Å². The second-order valence-electron chi connectivity index (χ2n) is 8.12. The first kappa shape index (κ1) is 20.6. The van der Waals surface area contributed by atoms with Crippen molar-refractivity contribution >= 4 is 17.4 Å². The fraction of sp³-hybridized carbons (Fsp3) is 0.417. The number of rotatable bonds is 6. The molecule has 0 aliphatic carbocycles. The first-order valence-electron chi connectivity index (χ1n) is 10.6. The van der Waals surface area contributed by atoms with Crippen molar-refractivity contribution in [2.45, 2.75) is 37.7 Å². The number of carbonyl (C=O) groups excluding carboxylic acids is 2. The zero-order valence-corrected chi connectivity index (χ0v) is 17.3. The minimum atomic E-state index is -1.86. The van der Waals surface area contributed by atoms with Gasteiger partial charge in [-0.2, -0.15) is 0 Å². The summed E-state index contributed by atoms with van der Waals surface area (Å²) in [5.41, 5.74) is -0.254. The Bertz CT molecular complexity index is 936. The number of anilines is 1. The van der Waals surface area contributed by atoms with E-state index in [1.807, 2.05) is 12.1 Å². The number of ketones is 1. The van der Waals surface area contributed by atoms with Crippen LogP contribution in [0.15, 0.2) is 48.5 Å². The molecular weight excluding hydrogens is 380 g/mol. The average molecular weight is 408 g/mol. The summed E-state index contributed by atoms with van der Waals surface area (Å²) in [6, 6.07) is 14.0. The Labute approximate surface area is 177 Å². The van der Waals surface area contributed by atoms with Gasteiger partial charge in [-0.25, -0.2) is 0 Å². The molecule has 1 fully saturated rings. The summed E-state index contributed by atoms with van der Waals surface area (Å²) in [4.78, 5) is 30.3. The number of ether oxygens (including phenoxy) is 1. The molecule has 1 amide bonds. The van der Waals surface area contributed by atoms with Crippen LogP contribution in [-0.2, 0) is 10.4 Å². The highest BCUT2D eigenvalue weighted by Gasteiger charge is 2.51. The third-order valence-corrected chi connectivity index (χ3v) is 6.09. The normalized spacial score (nSPS) is 21.9. The molecule has 30 heavy (non-hydrogen) atoms. The van der Waals surface area contributed by atoms with Gasteiger partial charge in [0.1, 0.15) is 5.75 Å². The number of para-hydroxylation sites is 1. The van der Waals surface area contributed by atoms with Crippen LogP contribution >= 0.6 is 0 Å². The minimum Gasteiger partial charge on any atom is -0.497 e. The number of likely N-dealkylation sites (tertiary alicyclic amines) is 1. The van der Waals surface area contributed by atoms with E-state index in [4.69, 9.17) is 4.74 Å². The van der Waals surface area contributed by atoms with Gasteiger partial charge in [0.25, 0.3) is 5.91 Å². The second-order valence-corrected chi connectivity index (χ2v) is 8.12. The Morgan fingerprint density at radius 1 is 1.07 bits per heavy atom. The van der Waals surface area contributed by atoms with Crippen LogP contribution in [0.2, 0.25) is 0 Å². The van der Waals surface area contributed by atoms with E-state index < -0.39 is 11.5 Å². The Morgan fingerprint density at radius 2 is 1.80 bits per heavy atom. The van der Waals surface area contributed by atoms with Crippen molar-refractivity contribution in [3.8, 4) is 5.75 Å². The predicted molar refractivity (Wildman–Crippen MR) is 115 cm³/mol. The number of methoxy groups -OCH3 is 1. The summed E-state index contributed by atoms with van der Waals surface area (Å²) in [6.45, 7) is 2.31. The number of benzene rings is 2. The Hall–Kier alpha value is -2.70. The van der Waals surface area contributed by atoms with Crippen LogP contribution in [0.5, 0.6) is 5.75 Å². The molecule has 2 heterocycles. The van der Waals surface area contributed by atoms with Crippen molar-refractivity contribution in [1.82, 2.24) is 4.90 Å². The lowest BCUT2D eigenvalue weighted by Crippen LogP contribution is -2.46. The maximum atomic E-state index is 13.4. The summed E-state index contributed by atoms with van der Waals surface area (Å²) < 4.78 is 5.19. The highest BCUT2D eigenvalue weighted by atomic mass is 16.5. The van der Waals surface area contributed by atoms with Gasteiger partial charge in [0.15, 0.2) is 11.4 Å². The van der Waals surface area contributed by atoms with E-state index in [9.17, 15) is 14.7 Å². The minimum absolute atomic E-state index is 0.295. The molecule has 1 unspecified atom stereocenters. The fourth-order valence-electron chi connectivity index (χ4n) is 4.43. The number of hydrogen-bond acceptors (Lipinski definition) is 5. The summed E-state index contributed by atoms with van der Waals surface area (Å²) in [5, 5.41) is 11.5. The van der Waals surface area contributed by atoms with E-state index in [-0.39, 0.29) is 12.2 Å². The first-order chi connectivity index (χ1) is 14.5. The van der Waals surface area contributed by atoms with Gasteiger partial charge in [-0.1, -0.05) is 43.2 Å². The molecule has 2 aromatic carbocycles. The molecule has 2 aromatic rings. The largest absolute Gasteiger partial charge is 0.497 e. The topological polar surface area (TPSA) is 70.1 Å². The zero-order valence-electron chi connectivity index (χ0n) is 17.3. The van der Waals surface area contributed by atoms with Gasteiger partial charge >= 0.3 is 0 Å². The molecule has 6 heteroatoms. The number of nitrogens with zero attached hydrogens (tertiary/aromatic N) is 2. The maximum Gasteiger partial charge on any atom is 0.265 e. The van der Waals surface area contributed by atoms with Gasteiger partial charge in [-0.15, -0.1) is 0 Å². The van der Waals surface area contributed by atoms with E-state index >= 15 is 0 Å². The molecule has 1 atom stereocenters. The molecule has 0 bridgehead atoms. The summed E-state index contributed by atoms with van der Waals surface area (Å²) in [5.74, 6) is -0.158. The van der Waals surface area contributed by atoms with E-state index in [0.29, 0.717) is 29.2 Å². The number of aliphatic hydroxyl groups is 1. The highest BCUT2D eigenvalue weighted by Crippen LogP contribution is 2.43. The van der Waals surface area contributed by atoms with Gasteiger partial charge in [0, 0.05) is 11.1 Å². The second kappa shape index (κ2) is 8.58. The fourth-order valence-corrected chi connectivity index (χ4v) is 4.43. The molecule has 2 aliphatic heterocycles. The molecule has 0 aromatic heterocycles. The van der Waals surface area contributed by atoms with Crippen molar-refractivity contribution in [1.29, 1.82) is 0 Å². The Balaban J connectivity index is 1.60. The maximum absolute atomic E-state index is 13.4. The van der Waals surface area contributed by atoms with Crippen molar-refractivity contribution < 1.29 is 19.4 Å². The molecule has 0 saturated carbocycles. The van der Waals surface area contributed by atoms with E-state index in [0.717, 1.165) is 25.9 Å². The molecule has 1 N–H and O–H groups in total. The lowest BCUT2D eigenvalue weighted by molar-refractivity contribution is -0.136. The molecule has 2 aliphatic rings. The standard InChI is InChI=1S/C24H28N2O4/c1-30-19-10-8-9-18(15-19)22(27)16-24(29)20-11-4-5-12-21(20)26(23(24)28)17-25-13-6-2-3-7-14-25/h4-5,8-12,15,29H,2-3,6-7,13-14,16-17H2,1H3. The number of carbonyl (C=O) groups is 2. The van der Waals surface area contributed by atoms with Crippen LogP contribution in [0, 0.1) is 0 Å². The van der Waals surface area contributed by atoms with Crippen molar-refractivity contribution in [2.75, 3.05) is 31.8 Å². The van der Waals surface area contributed by atoms with E-state index in [1.165, 1.54) is 20.0 Å². The summed E-state index contributed by atoms with van der Waals surface area (Å²) in [7, 11) is 1.54. The highest BCUT2D eigenvalue weighted by molar-refractivity contribution is 6.10. The Morgan fingerprint density at radius 3 is 2.53 bits per heavy atom. The molecule has 158 valence electrons.